The molecule has 1 fully saturated rings. The van der Waals surface area contributed by atoms with Gasteiger partial charge in [0.15, 0.2) is 0 Å². The maximum absolute atomic E-state index is 11.7. The topological polar surface area (TPSA) is 71.3 Å². The van der Waals surface area contributed by atoms with Gasteiger partial charge in [-0.05, 0) is 26.2 Å². The van der Waals surface area contributed by atoms with Crippen LogP contribution in [0, 0.1) is 6.92 Å². The van der Waals surface area contributed by atoms with Crippen molar-refractivity contribution in [1.82, 2.24) is 9.88 Å². The van der Waals surface area contributed by atoms with Gasteiger partial charge in [0.25, 0.3) is 0 Å². The number of thiazole rings is 1. The second-order valence-electron chi connectivity index (χ2n) is 5.61. The van der Waals surface area contributed by atoms with Gasteiger partial charge in [0.2, 0.25) is 5.91 Å². The van der Waals surface area contributed by atoms with Crippen LogP contribution in [-0.2, 0) is 11.3 Å². The summed E-state index contributed by atoms with van der Waals surface area (Å²) >= 11 is 1.19. The van der Waals surface area contributed by atoms with Crippen molar-refractivity contribution < 1.29 is 9.90 Å². The number of hydrogen-bond donors (Lipinski definition) is 2. The van der Waals surface area contributed by atoms with E-state index < -0.39 is 5.60 Å². The summed E-state index contributed by atoms with van der Waals surface area (Å²) in [5, 5.41) is 14.8. The number of aliphatic hydroxyl groups is 1. The summed E-state index contributed by atoms with van der Waals surface area (Å²) in [7, 11) is 0. The lowest BCUT2D eigenvalue weighted by molar-refractivity contribution is -0.122. The molecule has 1 aliphatic rings. The Kier molecular flexibility index (Phi) is 4.99. The largest absolute Gasteiger partial charge is 0.388 e. The van der Waals surface area contributed by atoms with Crippen molar-refractivity contribution in [3.8, 4) is 0 Å². The van der Waals surface area contributed by atoms with E-state index >= 15 is 0 Å². The van der Waals surface area contributed by atoms with Crippen LogP contribution in [0.3, 0.4) is 0 Å². The molecule has 2 rings (SSSR count). The first-order chi connectivity index (χ1) is 9.50. The smallest absolute Gasteiger partial charge is 0.307 e. The lowest BCUT2D eigenvalue weighted by Gasteiger charge is -2.22. The molecule has 1 heterocycles. The van der Waals surface area contributed by atoms with E-state index in [1.54, 1.807) is 4.57 Å². The van der Waals surface area contributed by atoms with E-state index in [2.05, 4.69) is 5.32 Å². The zero-order valence-corrected chi connectivity index (χ0v) is 12.7. The monoisotopic (exact) mass is 298 g/mol. The summed E-state index contributed by atoms with van der Waals surface area (Å²) in [6, 6.07) is 0. The fourth-order valence-electron chi connectivity index (χ4n) is 2.63. The lowest BCUT2D eigenvalue weighted by Crippen LogP contribution is -2.40. The van der Waals surface area contributed by atoms with Crippen LogP contribution in [0.25, 0.3) is 0 Å². The second kappa shape index (κ2) is 6.54. The zero-order valence-electron chi connectivity index (χ0n) is 11.9. The predicted octanol–water partition coefficient (Wildman–Crippen LogP) is 1.42. The first-order valence-electron chi connectivity index (χ1n) is 7.14. The van der Waals surface area contributed by atoms with Crippen LogP contribution in [0.2, 0.25) is 0 Å². The van der Waals surface area contributed by atoms with Crippen LogP contribution in [0.15, 0.2) is 10.2 Å². The van der Waals surface area contributed by atoms with Gasteiger partial charge in [0.1, 0.15) is 0 Å². The SMILES string of the molecule is Cc1csc(=O)n1CCCC(=O)NCC1(O)CCCC1. The van der Waals surface area contributed by atoms with E-state index in [1.165, 1.54) is 11.3 Å². The van der Waals surface area contributed by atoms with Crippen LogP contribution in [0.1, 0.15) is 44.2 Å². The molecule has 1 aromatic heterocycles. The molecule has 0 spiro atoms. The van der Waals surface area contributed by atoms with Gasteiger partial charge in [0.05, 0.1) is 5.60 Å². The molecule has 0 aromatic carbocycles. The number of nitrogens with one attached hydrogen (secondary N) is 1. The van der Waals surface area contributed by atoms with Gasteiger partial charge >= 0.3 is 4.87 Å². The summed E-state index contributed by atoms with van der Waals surface area (Å²) in [4.78, 5) is 23.3. The molecule has 0 unspecified atom stereocenters. The van der Waals surface area contributed by atoms with Crippen LogP contribution in [-0.4, -0.2) is 27.7 Å². The number of carbonyl (C=O) groups is 1. The van der Waals surface area contributed by atoms with E-state index in [-0.39, 0.29) is 10.8 Å². The van der Waals surface area contributed by atoms with E-state index in [4.69, 9.17) is 0 Å². The highest BCUT2D eigenvalue weighted by molar-refractivity contribution is 7.07. The number of carbonyl (C=O) groups excluding carboxylic acids is 1. The minimum atomic E-state index is -0.698. The molecule has 0 saturated heterocycles. The standard InChI is InChI=1S/C14H22N2O3S/c1-11-9-20-13(18)16(11)8-4-5-12(17)15-10-14(19)6-2-3-7-14/h9,19H,2-8,10H2,1H3,(H,15,17). The molecule has 0 bridgehead atoms. The molecule has 112 valence electrons. The third kappa shape index (κ3) is 3.93. The highest BCUT2D eigenvalue weighted by Crippen LogP contribution is 2.28. The molecule has 1 saturated carbocycles. The Morgan fingerprint density at radius 2 is 2.20 bits per heavy atom. The molecule has 6 heteroatoms. The van der Waals surface area contributed by atoms with Gasteiger partial charge in [-0.1, -0.05) is 24.2 Å². The molecule has 0 radical (unpaired) electrons. The third-order valence-corrected chi connectivity index (χ3v) is 4.79. The first kappa shape index (κ1) is 15.3. The van der Waals surface area contributed by atoms with Crippen molar-refractivity contribution in [3.05, 3.63) is 20.7 Å². The maximum Gasteiger partial charge on any atom is 0.307 e. The molecule has 0 atom stereocenters. The Morgan fingerprint density at radius 3 is 2.80 bits per heavy atom. The van der Waals surface area contributed by atoms with Crippen molar-refractivity contribution in [2.45, 2.75) is 57.6 Å². The van der Waals surface area contributed by atoms with Crippen molar-refractivity contribution in [2.24, 2.45) is 0 Å². The van der Waals surface area contributed by atoms with Crippen molar-refractivity contribution in [3.63, 3.8) is 0 Å². The average Bonchev–Trinajstić information content (AvgIpc) is 2.97. The Morgan fingerprint density at radius 1 is 1.50 bits per heavy atom. The number of rotatable bonds is 6. The highest BCUT2D eigenvalue weighted by Gasteiger charge is 2.31. The third-order valence-electron chi connectivity index (χ3n) is 3.91. The van der Waals surface area contributed by atoms with Crippen LogP contribution in [0.4, 0.5) is 0 Å². The van der Waals surface area contributed by atoms with Crippen molar-refractivity contribution in [2.75, 3.05) is 6.54 Å². The Labute approximate surface area is 122 Å². The minimum Gasteiger partial charge on any atom is -0.388 e. The lowest BCUT2D eigenvalue weighted by atomic mass is 10.0. The summed E-state index contributed by atoms with van der Waals surface area (Å²) in [6.45, 7) is 2.82. The molecular weight excluding hydrogens is 276 g/mol. The summed E-state index contributed by atoms with van der Waals surface area (Å²) in [6.07, 6.45) is 4.65. The van der Waals surface area contributed by atoms with Gasteiger partial charge in [0, 0.05) is 30.6 Å². The van der Waals surface area contributed by atoms with Gasteiger partial charge in [-0.15, -0.1) is 0 Å². The number of hydrogen-bond acceptors (Lipinski definition) is 4. The molecular formula is C14H22N2O3S. The van der Waals surface area contributed by atoms with E-state index in [0.717, 1.165) is 31.4 Å². The fraction of sp³-hybridized carbons (Fsp3) is 0.714. The number of amides is 1. The van der Waals surface area contributed by atoms with Crippen LogP contribution >= 0.6 is 11.3 Å². The van der Waals surface area contributed by atoms with Crippen molar-refractivity contribution in [1.29, 1.82) is 0 Å². The zero-order chi connectivity index (χ0) is 14.6. The number of nitrogens with zero attached hydrogens (tertiary/aromatic N) is 1. The van der Waals surface area contributed by atoms with Crippen LogP contribution in [0.5, 0.6) is 0 Å². The predicted molar refractivity (Wildman–Crippen MR) is 79.0 cm³/mol. The summed E-state index contributed by atoms with van der Waals surface area (Å²) in [5.74, 6) is -0.0498. The Hall–Kier alpha value is -1.14. The maximum atomic E-state index is 11.7. The van der Waals surface area contributed by atoms with Gasteiger partial charge in [-0.2, -0.15) is 0 Å². The van der Waals surface area contributed by atoms with Gasteiger partial charge < -0.3 is 15.0 Å². The molecule has 2 N–H and O–H groups in total. The minimum absolute atomic E-state index is 0.0307. The first-order valence-corrected chi connectivity index (χ1v) is 8.02. The van der Waals surface area contributed by atoms with Gasteiger partial charge in [-0.25, -0.2) is 0 Å². The molecule has 0 aliphatic heterocycles. The van der Waals surface area contributed by atoms with Crippen molar-refractivity contribution >= 4 is 17.2 Å². The van der Waals surface area contributed by atoms with E-state index in [9.17, 15) is 14.7 Å². The molecule has 1 aromatic rings. The highest BCUT2D eigenvalue weighted by atomic mass is 32.1. The summed E-state index contributed by atoms with van der Waals surface area (Å²) < 4.78 is 1.70. The second-order valence-corrected chi connectivity index (χ2v) is 6.43. The van der Waals surface area contributed by atoms with E-state index in [0.29, 0.717) is 25.9 Å². The molecule has 20 heavy (non-hydrogen) atoms. The molecule has 1 amide bonds. The Balaban J connectivity index is 1.69. The summed E-state index contributed by atoms with van der Waals surface area (Å²) in [5.41, 5.74) is 0.247. The average molecular weight is 298 g/mol. The number of aryl methyl sites for hydroxylation is 1. The molecule has 1 aliphatic carbocycles. The normalized spacial score (nSPS) is 17.3. The van der Waals surface area contributed by atoms with Crippen LogP contribution < -0.4 is 10.2 Å². The quantitative estimate of drug-likeness (QED) is 0.834. The van der Waals surface area contributed by atoms with E-state index in [1.807, 2.05) is 12.3 Å². The van der Waals surface area contributed by atoms with Gasteiger partial charge in [-0.3, -0.25) is 9.59 Å². The fourth-order valence-corrected chi connectivity index (χ4v) is 3.39. The Bertz CT molecular complexity index is 515. The molecule has 5 nitrogen and oxygen atoms in total. The number of aromatic nitrogens is 1.